The fourth-order valence-electron chi connectivity index (χ4n) is 13.2. The monoisotopic (exact) mass is 1520 g/mol. The zero-order valence-electron chi connectivity index (χ0n) is 68.3. The molecule has 0 rings (SSSR count). The third kappa shape index (κ3) is 76.8. The zero-order valence-corrected chi connectivity index (χ0v) is 70.1. The van der Waals surface area contributed by atoms with Crippen LogP contribution in [0.2, 0.25) is 0 Å². The molecule has 0 heterocycles. The van der Waals surface area contributed by atoms with E-state index in [1.807, 2.05) is 0 Å². The summed E-state index contributed by atoms with van der Waals surface area (Å²) in [5.41, 5.74) is 0. The summed E-state index contributed by atoms with van der Waals surface area (Å²) in [6, 6.07) is 0. The number of carbonyl (C=O) groups is 4. The number of phosphoric ester groups is 2. The molecular weight excluding hydrogens is 1350 g/mol. The second kappa shape index (κ2) is 76.4. The lowest BCUT2D eigenvalue weighted by Crippen LogP contribution is -2.30. The molecule has 0 saturated carbocycles. The first-order valence-electron chi connectivity index (χ1n) is 44.0. The molecule has 104 heavy (non-hydrogen) atoms. The molecule has 0 radical (unpaired) electrons. The van der Waals surface area contributed by atoms with Crippen LogP contribution in [0.1, 0.15) is 452 Å². The van der Waals surface area contributed by atoms with E-state index in [1.54, 1.807) is 0 Å². The number of esters is 4. The number of ether oxygens (including phenoxy) is 4. The molecule has 0 aromatic heterocycles. The maximum absolute atomic E-state index is 13.1. The molecule has 0 bridgehead atoms. The van der Waals surface area contributed by atoms with Gasteiger partial charge in [0.25, 0.3) is 0 Å². The first-order chi connectivity index (χ1) is 50.4. The highest BCUT2D eigenvalue weighted by molar-refractivity contribution is 7.47. The van der Waals surface area contributed by atoms with E-state index in [9.17, 15) is 43.2 Å². The third-order valence-corrected chi connectivity index (χ3v) is 22.2. The summed E-state index contributed by atoms with van der Waals surface area (Å²) < 4.78 is 68.9. The normalized spacial score (nSPS) is 14.1. The van der Waals surface area contributed by atoms with E-state index in [1.165, 1.54) is 270 Å². The maximum Gasteiger partial charge on any atom is 0.472 e. The van der Waals surface area contributed by atoms with Crippen molar-refractivity contribution in [1.29, 1.82) is 0 Å². The van der Waals surface area contributed by atoms with E-state index in [-0.39, 0.29) is 25.7 Å². The minimum absolute atomic E-state index is 0.108. The van der Waals surface area contributed by atoms with Crippen molar-refractivity contribution < 1.29 is 80.2 Å². The predicted molar refractivity (Wildman–Crippen MR) is 428 cm³/mol. The molecule has 0 aromatic carbocycles. The standard InChI is InChI=1S/C85H166O17P2/c1-7-10-12-14-16-18-20-22-24-26-27-28-30-36-40-44-52-58-64-70-84(89)101-80(73-95-82(87)67-61-55-49-42-38-34-32-31-33-37-41-47-53-59-65-77(4)5)75-99-103(91,92)97-71-79(86)72-98-104(93,94)100-76-81(74-96-83(88)68-62-56-50-46-45-48-54-60-66-78(6)9-3)102-85(90)69-63-57-51-43-39-35-29-25-23-21-19-17-15-13-11-8-2/h77-81,86H,7-76H2,1-6H3,(H,91,92)(H,93,94)/t78?,79-,80-,81-/m1/s1. The lowest BCUT2D eigenvalue weighted by molar-refractivity contribution is -0.161. The Morgan fingerprint density at radius 2 is 0.490 bits per heavy atom. The van der Waals surface area contributed by atoms with E-state index in [4.69, 9.17) is 37.0 Å². The molecule has 0 aliphatic carbocycles. The Morgan fingerprint density at radius 3 is 0.731 bits per heavy atom. The fourth-order valence-corrected chi connectivity index (χ4v) is 14.8. The lowest BCUT2D eigenvalue weighted by Gasteiger charge is -2.21. The first kappa shape index (κ1) is 102. The van der Waals surface area contributed by atoms with Gasteiger partial charge in [0, 0.05) is 25.7 Å². The third-order valence-electron chi connectivity index (χ3n) is 20.3. The number of rotatable bonds is 84. The number of phosphoric acid groups is 2. The van der Waals surface area contributed by atoms with E-state index >= 15 is 0 Å². The predicted octanol–water partition coefficient (Wildman–Crippen LogP) is 25.8. The zero-order chi connectivity index (χ0) is 76.4. The summed E-state index contributed by atoms with van der Waals surface area (Å²) in [7, 11) is -9.93. The van der Waals surface area contributed by atoms with Crippen LogP contribution in [0.4, 0.5) is 0 Å². The fraction of sp³-hybridized carbons (Fsp3) is 0.953. The number of carbonyl (C=O) groups excluding carboxylic acids is 4. The van der Waals surface area contributed by atoms with E-state index in [2.05, 4.69) is 41.5 Å². The lowest BCUT2D eigenvalue weighted by atomic mass is 9.99. The Balaban J connectivity index is 5.26. The number of hydrogen-bond donors (Lipinski definition) is 3. The Kier molecular flexibility index (Phi) is 75.0. The molecular formula is C85H166O17P2. The first-order valence-corrected chi connectivity index (χ1v) is 47.0. The van der Waals surface area contributed by atoms with E-state index in [0.717, 1.165) is 102 Å². The SMILES string of the molecule is CCCCCCCCCCCCCCCCCCCCCC(=O)O[C@H](COC(=O)CCCCCCCCCCCCCCCCC(C)C)COP(=O)(O)OC[C@@H](O)COP(=O)(O)OC[C@@H](COC(=O)CCCCCCCCCCC(C)CC)OC(=O)CCCCCCCCCCCCCCCCCC. The largest absolute Gasteiger partial charge is 0.472 e. The summed E-state index contributed by atoms with van der Waals surface area (Å²) in [6.45, 7) is 9.70. The number of hydrogen-bond acceptors (Lipinski definition) is 15. The van der Waals surface area contributed by atoms with Gasteiger partial charge in [-0.2, -0.15) is 0 Å². The van der Waals surface area contributed by atoms with Gasteiger partial charge in [0.05, 0.1) is 26.4 Å². The molecule has 0 fully saturated rings. The Morgan fingerprint density at radius 1 is 0.279 bits per heavy atom. The molecule has 0 amide bonds. The summed E-state index contributed by atoms with van der Waals surface area (Å²) in [6.07, 6.45) is 67.9. The average Bonchev–Trinajstić information content (AvgIpc) is 0.932. The molecule has 0 aliphatic heterocycles. The molecule has 0 aliphatic rings. The minimum atomic E-state index is -4.97. The van der Waals surface area contributed by atoms with Gasteiger partial charge >= 0.3 is 39.5 Å². The van der Waals surface area contributed by atoms with Crippen molar-refractivity contribution in [1.82, 2.24) is 0 Å². The van der Waals surface area contributed by atoms with Crippen LogP contribution >= 0.6 is 15.6 Å². The second-order valence-corrected chi connectivity index (χ2v) is 34.2. The summed E-state index contributed by atoms with van der Waals surface area (Å²) >= 11 is 0. The van der Waals surface area contributed by atoms with Gasteiger partial charge in [0.2, 0.25) is 0 Å². The van der Waals surface area contributed by atoms with Gasteiger partial charge in [0.1, 0.15) is 19.3 Å². The molecule has 0 aromatic rings. The van der Waals surface area contributed by atoms with Crippen molar-refractivity contribution in [2.45, 2.75) is 471 Å². The molecule has 0 saturated heterocycles. The Hall–Kier alpha value is -1.94. The van der Waals surface area contributed by atoms with Crippen molar-refractivity contribution in [3.05, 3.63) is 0 Å². The van der Waals surface area contributed by atoms with Crippen LogP contribution in [0.15, 0.2) is 0 Å². The average molecular weight is 1520 g/mol. The number of aliphatic hydroxyl groups is 1. The van der Waals surface area contributed by atoms with Gasteiger partial charge in [-0.1, -0.05) is 401 Å². The quantitative estimate of drug-likeness (QED) is 0.0222. The van der Waals surface area contributed by atoms with Crippen LogP contribution in [0.3, 0.4) is 0 Å². The van der Waals surface area contributed by atoms with Crippen LogP contribution in [0, 0.1) is 11.8 Å². The highest BCUT2D eigenvalue weighted by Crippen LogP contribution is 2.45. The number of aliphatic hydroxyl groups excluding tert-OH is 1. The van der Waals surface area contributed by atoms with Crippen molar-refractivity contribution in [3.8, 4) is 0 Å². The van der Waals surface area contributed by atoms with Crippen LogP contribution in [0.25, 0.3) is 0 Å². The van der Waals surface area contributed by atoms with Crippen LogP contribution in [-0.4, -0.2) is 96.7 Å². The van der Waals surface area contributed by atoms with Gasteiger partial charge in [-0.05, 0) is 37.5 Å². The minimum Gasteiger partial charge on any atom is -0.462 e. The van der Waals surface area contributed by atoms with Crippen LogP contribution in [-0.2, 0) is 65.4 Å². The highest BCUT2D eigenvalue weighted by atomic mass is 31.2. The van der Waals surface area contributed by atoms with E-state index < -0.39 is 97.5 Å². The van der Waals surface area contributed by atoms with Crippen molar-refractivity contribution in [3.63, 3.8) is 0 Å². The maximum atomic E-state index is 13.1. The highest BCUT2D eigenvalue weighted by Gasteiger charge is 2.30. The van der Waals surface area contributed by atoms with Crippen LogP contribution in [0.5, 0.6) is 0 Å². The molecule has 17 nitrogen and oxygen atoms in total. The van der Waals surface area contributed by atoms with Crippen LogP contribution < -0.4 is 0 Å². The number of unbranched alkanes of at least 4 members (excludes halogenated alkanes) is 53. The molecule has 3 unspecified atom stereocenters. The van der Waals surface area contributed by atoms with Gasteiger partial charge in [-0.25, -0.2) is 9.13 Å². The van der Waals surface area contributed by atoms with Crippen molar-refractivity contribution >= 4 is 39.5 Å². The Labute approximate surface area is 638 Å². The topological polar surface area (TPSA) is 237 Å². The van der Waals surface area contributed by atoms with Gasteiger partial charge in [0.15, 0.2) is 12.2 Å². The molecule has 0 spiro atoms. The summed E-state index contributed by atoms with van der Waals surface area (Å²) in [4.78, 5) is 73.2. The molecule has 6 atom stereocenters. The molecule has 618 valence electrons. The molecule has 19 heteroatoms. The van der Waals surface area contributed by atoms with Crippen molar-refractivity contribution in [2.75, 3.05) is 39.6 Å². The van der Waals surface area contributed by atoms with E-state index in [0.29, 0.717) is 25.7 Å². The van der Waals surface area contributed by atoms with Gasteiger partial charge < -0.3 is 33.8 Å². The van der Waals surface area contributed by atoms with Crippen molar-refractivity contribution in [2.24, 2.45) is 11.8 Å². The molecule has 3 N–H and O–H groups in total. The second-order valence-electron chi connectivity index (χ2n) is 31.3. The van der Waals surface area contributed by atoms with Gasteiger partial charge in [-0.3, -0.25) is 37.3 Å². The smallest absolute Gasteiger partial charge is 0.462 e. The summed E-state index contributed by atoms with van der Waals surface area (Å²) in [5.74, 6) is -0.525. The Bertz CT molecular complexity index is 2000. The van der Waals surface area contributed by atoms with Gasteiger partial charge in [-0.15, -0.1) is 0 Å². The summed E-state index contributed by atoms with van der Waals surface area (Å²) in [5, 5.41) is 10.7.